The Morgan fingerprint density at radius 3 is 2.43 bits per heavy atom. The van der Waals surface area contributed by atoms with Crippen LogP contribution in [0.25, 0.3) is 11.3 Å². The summed E-state index contributed by atoms with van der Waals surface area (Å²) in [6.07, 6.45) is -0.757. The van der Waals surface area contributed by atoms with Gasteiger partial charge in [0.2, 0.25) is 0 Å². The zero-order chi connectivity index (χ0) is 24.7. The number of ether oxygens (including phenoxy) is 1. The summed E-state index contributed by atoms with van der Waals surface area (Å²) in [5.41, 5.74) is -0.909. The topological polar surface area (TPSA) is 41.5 Å². The van der Waals surface area contributed by atoms with E-state index in [-0.39, 0.29) is 28.1 Å². The van der Waals surface area contributed by atoms with Gasteiger partial charge in [-0.05, 0) is 67.7 Å². The molecule has 3 aliphatic rings. The van der Waals surface area contributed by atoms with Crippen LogP contribution in [0, 0.1) is 23.6 Å². The number of likely N-dealkylation sites (tertiary alicyclic amines) is 1. The molecule has 10 heteroatoms. The second kappa shape index (κ2) is 9.82. The van der Waals surface area contributed by atoms with E-state index in [1.165, 1.54) is 6.07 Å². The van der Waals surface area contributed by atoms with Crippen LogP contribution in [-0.4, -0.2) is 61.0 Å². The van der Waals surface area contributed by atoms with Gasteiger partial charge in [0.15, 0.2) is 5.82 Å². The SMILES string of the molecule is CN(c1nnc(-c2cc(F)ccc2Cl)cc1C(F)(F)F)[C@@H]1C[C@@H]2CN(CC3CCOCC3)C[C@@H]2C1. The summed E-state index contributed by atoms with van der Waals surface area (Å²) in [7, 11) is 1.67. The van der Waals surface area contributed by atoms with E-state index in [0.29, 0.717) is 17.8 Å². The van der Waals surface area contributed by atoms with Crippen LogP contribution < -0.4 is 4.90 Å². The van der Waals surface area contributed by atoms with Gasteiger partial charge in [0.05, 0.1) is 10.7 Å². The van der Waals surface area contributed by atoms with Crippen molar-refractivity contribution in [3.63, 3.8) is 0 Å². The van der Waals surface area contributed by atoms with Gasteiger partial charge in [0.1, 0.15) is 11.4 Å². The Morgan fingerprint density at radius 1 is 1.09 bits per heavy atom. The molecule has 1 aromatic heterocycles. The maximum Gasteiger partial charge on any atom is 0.420 e. The molecule has 2 aliphatic heterocycles. The minimum atomic E-state index is -4.64. The number of hydrogen-bond acceptors (Lipinski definition) is 5. The second-order valence-corrected chi connectivity index (χ2v) is 10.5. The smallest absolute Gasteiger partial charge is 0.381 e. The highest BCUT2D eigenvalue weighted by molar-refractivity contribution is 6.33. The molecule has 3 atom stereocenters. The number of fused-ring (bicyclic) bond motifs is 1. The van der Waals surface area contributed by atoms with E-state index in [9.17, 15) is 17.6 Å². The number of hydrogen-bond donors (Lipinski definition) is 0. The Bertz CT molecular complexity index is 1050. The first-order chi connectivity index (χ1) is 16.7. The second-order valence-electron chi connectivity index (χ2n) is 10.1. The van der Waals surface area contributed by atoms with Crippen LogP contribution in [0.5, 0.6) is 0 Å². The summed E-state index contributed by atoms with van der Waals surface area (Å²) in [4.78, 5) is 4.16. The molecule has 3 fully saturated rings. The van der Waals surface area contributed by atoms with E-state index in [2.05, 4.69) is 15.1 Å². The minimum absolute atomic E-state index is 0.0331. The Kier molecular flexibility index (Phi) is 6.94. The van der Waals surface area contributed by atoms with E-state index in [1.54, 1.807) is 11.9 Å². The van der Waals surface area contributed by atoms with Crippen molar-refractivity contribution in [2.45, 2.75) is 37.9 Å². The molecule has 35 heavy (non-hydrogen) atoms. The molecule has 1 aliphatic carbocycles. The minimum Gasteiger partial charge on any atom is -0.381 e. The van der Waals surface area contributed by atoms with Gasteiger partial charge in [-0.2, -0.15) is 13.2 Å². The molecule has 1 saturated carbocycles. The molecule has 2 saturated heterocycles. The standard InChI is InChI=1S/C25H29ClF4N4O/c1-33(19-8-16-13-34(14-17(16)9-19)12-15-4-6-35-7-5-15)24-21(25(28,29)30)11-23(31-32-24)20-10-18(27)2-3-22(20)26/h2-3,10-11,15-17,19H,4-9,12-14H2,1H3/t16-,17+,19-. The van der Waals surface area contributed by atoms with E-state index in [4.69, 9.17) is 16.3 Å². The zero-order valence-electron chi connectivity index (χ0n) is 19.6. The molecule has 0 radical (unpaired) electrons. The molecule has 0 bridgehead atoms. The molecule has 1 aromatic carbocycles. The van der Waals surface area contributed by atoms with Gasteiger partial charge in [0, 0.05) is 51.5 Å². The summed E-state index contributed by atoms with van der Waals surface area (Å²) < 4.78 is 61.3. The van der Waals surface area contributed by atoms with Crippen LogP contribution in [0.15, 0.2) is 24.3 Å². The lowest BCUT2D eigenvalue weighted by Gasteiger charge is -2.30. The van der Waals surface area contributed by atoms with Crippen LogP contribution in [-0.2, 0) is 10.9 Å². The molecular weight excluding hydrogens is 484 g/mol. The first-order valence-corrected chi connectivity index (χ1v) is 12.5. The quantitative estimate of drug-likeness (QED) is 0.493. The van der Waals surface area contributed by atoms with Gasteiger partial charge in [-0.1, -0.05) is 11.6 Å². The Hall–Kier alpha value is -1.97. The summed E-state index contributed by atoms with van der Waals surface area (Å²) >= 11 is 6.09. The van der Waals surface area contributed by atoms with Crippen molar-refractivity contribution in [1.82, 2.24) is 15.1 Å². The highest BCUT2D eigenvalue weighted by atomic mass is 35.5. The highest BCUT2D eigenvalue weighted by Crippen LogP contribution is 2.44. The Labute approximate surface area is 207 Å². The molecule has 0 unspecified atom stereocenters. The van der Waals surface area contributed by atoms with Gasteiger partial charge < -0.3 is 14.5 Å². The van der Waals surface area contributed by atoms with Crippen LogP contribution in [0.4, 0.5) is 23.4 Å². The fraction of sp³-hybridized carbons (Fsp3) is 0.600. The van der Waals surface area contributed by atoms with Crippen molar-refractivity contribution in [3.8, 4) is 11.3 Å². The van der Waals surface area contributed by atoms with Crippen molar-refractivity contribution in [3.05, 3.63) is 40.7 Å². The largest absolute Gasteiger partial charge is 0.420 e. The van der Waals surface area contributed by atoms with Crippen LogP contribution in [0.1, 0.15) is 31.2 Å². The molecule has 0 amide bonds. The molecule has 5 rings (SSSR count). The van der Waals surface area contributed by atoms with Crippen molar-refractivity contribution in [2.24, 2.45) is 17.8 Å². The molecule has 3 heterocycles. The van der Waals surface area contributed by atoms with Crippen molar-refractivity contribution >= 4 is 17.4 Å². The average Bonchev–Trinajstić information content (AvgIpc) is 3.39. The maximum atomic E-state index is 14.1. The third-order valence-corrected chi connectivity index (χ3v) is 8.15. The number of alkyl halides is 3. The van der Waals surface area contributed by atoms with Gasteiger partial charge in [-0.15, -0.1) is 10.2 Å². The predicted molar refractivity (Wildman–Crippen MR) is 126 cm³/mol. The normalized spacial score (nSPS) is 25.7. The van der Waals surface area contributed by atoms with Crippen molar-refractivity contribution in [1.29, 1.82) is 0 Å². The number of nitrogens with zero attached hydrogens (tertiary/aromatic N) is 4. The fourth-order valence-corrected chi connectivity index (χ4v) is 6.19. The van der Waals surface area contributed by atoms with E-state index < -0.39 is 17.6 Å². The lowest BCUT2D eigenvalue weighted by atomic mass is 10.00. The van der Waals surface area contributed by atoms with Gasteiger partial charge >= 0.3 is 6.18 Å². The van der Waals surface area contributed by atoms with Crippen LogP contribution in [0.3, 0.4) is 0 Å². The predicted octanol–water partition coefficient (Wildman–Crippen LogP) is 5.53. The molecule has 5 nitrogen and oxygen atoms in total. The average molecular weight is 513 g/mol. The fourth-order valence-electron chi connectivity index (χ4n) is 5.98. The van der Waals surface area contributed by atoms with Gasteiger partial charge in [-0.3, -0.25) is 0 Å². The number of halogens is 5. The van der Waals surface area contributed by atoms with E-state index in [1.807, 2.05) is 0 Å². The summed E-state index contributed by atoms with van der Waals surface area (Å²) in [6, 6.07) is 4.40. The van der Waals surface area contributed by atoms with Gasteiger partial charge in [0.25, 0.3) is 0 Å². The van der Waals surface area contributed by atoms with Crippen molar-refractivity contribution in [2.75, 3.05) is 44.8 Å². The number of aromatic nitrogens is 2. The highest BCUT2D eigenvalue weighted by Gasteiger charge is 2.44. The van der Waals surface area contributed by atoms with E-state index in [0.717, 1.165) is 76.7 Å². The Morgan fingerprint density at radius 2 is 1.77 bits per heavy atom. The van der Waals surface area contributed by atoms with E-state index >= 15 is 0 Å². The zero-order valence-corrected chi connectivity index (χ0v) is 20.3. The number of rotatable bonds is 5. The molecule has 0 spiro atoms. The monoisotopic (exact) mass is 512 g/mol. The maximum absolute atomic E-state index is 14.1. The molecule has 2 aromatic rings. The van der Waals surface area contributed by atoms with Crippen molar-refractivity contribution < 1.29 is 22.3 Å². The lowest BCUT2D eigenvalue weighted by Crippen LogP contribution is -2.36. The molecule has 0 N–H and O–H groups in total. The van der Waals surface area contributed by atoms with Crippen LogP contribution >= 0.6 is 11.6 Å². The number of benzene rings is 1. The molecular formula is C25H29ClF4N4O. The third kappa shape index (κ3) is 5.27. The lowest BCUT2D eigenvalue weighted by molar-refractivity contribution is -0.137. The third-order valence-electron chi connectivity index (χ3n) is 7.82. The van der Waals surface area contributed by atoms with Gasteiger partial charge in [-0.25, -0.2) is 4.39 Å². The molecule has 190 valence electrons. The van der Waals surface area contributed by atoms with Crippen LogP contribution in [0.2, 0.25) is 5.02 Å². The first-order valence-electron chi connectivity index (χ1n) is 12.1. The Balaban J connectivity index is 1.31. The first kappa shape index (κ1) is 24.7. The number of anilines is 1. The summed E-state index contributed by atoms with van der Waals surface area (Å²) in [5.74, 6) is 0.836. The summed E-state index contributed by atoms with van der Waals surface area (Å²) in [5, 5.41) is 8.10. The summed E-state index contributed by atoms with van der Waals surface area (Å²) in [6.45, 7) is 4.77.